The molecule has 1 saturated carbocycles. The van der Waals surface area contributed by atoms with Gasteiger partial charge in [-0.05, 0) is 12.3 Å². The summed E-state index contributed by atoms with van der Waals surface area (Å²) in [5.41, 5.74) is 1.12. The van der Waals surface area contributed by atoms with Gasteiger partial charge in [0.15, 0.2) is 0 Å². The summed E-state index contributed by atoms with van der Waals surface area (Å²) in [5.74, 6) is -0.738. The van der Waals surface area contributed by atoms with Gasteiger partial charge in [-0.1, -0.05) is 11.6 Å². The van der Waals surface area contributed by atoms with Crippen molar-refractivity contribution in [1.82, 2.24) is 9.97 Å². The average molecular weight is 345 g/mol. The first-order valence-corrected chi connectivity index (χ1v) is 7.46. The third kappa shape index (κ3) is 3.12. The maximum Gasteiger partial charge on any atom is 0.319 e. The Morgan fingerprint density at radius 1 is 1.26 bits per heavy atom. The summed E-state index contributed by atoms with van der Waals surface area (Å²) in [4.78, 5) is 8.13. The van der Waals surface area contributed by atoms with Crippen LogP contribution in [0.3, 0.4) is 0 Å². The maximum atomic E-state index is 12.8. The summed E-state index contributed by atoms with van der Waals surface area (Å²) >= 11 is 6.08. The van der Waals surface area contributed by atoms with E-state index in [9.17, 15) is 8.78 Å². The van der Waals surface area contributed by atoms with E-state index in [1.54, 1.807) is 0 Å². The molecule has 0 aromatic carbocycles. The lowest BCUT2D eigenvalue weighted by molar-refractivity contribution is 0.113. The number of ether oxygens (including phenoxy) is 2. The molecule has 0 saturated heterocycles. The molecular weight excluding hydrogens is 330 g/mol. The fourth-order valence-corrected chi connectivity index (χ4v) is 3.08. The van der Waals surface area contributed by atoms with Gasteiger partial charge in [0.2, 0.25) is 12.3 Å². The Hall–Kier alpha value is -1.83. The molecule has 1 aliphatic carbocycles. The Labute approximate surface area is 136 Å². The van der Waals surface area contributed by atoms with Crippen molar-refractivity contribution in [2.24, 2.45) is 28.0 Å². The van der Waals surface area contributed by atoms with Gasteiger partial charge in [0.05, 0.1) is 25.5 Å². The molecule has 1 aromatic rings. The van der Waals surface area contributed by atoms with Gasteiger partial charge < -0.3 is 9.47 Å². The zero-order chi connectivity index (χ0) is 16.6. The van der Waals surface area contributed by atoms with E-state index < -0.39 is 12.3 Å². The molecule has 1 fully saturated rings. The number of nitrogens with zero attached hydrogens (tertiary/aromatic N) is 4. The first-order valence-electron chi connectivity index (χ1n) is 7.08. The number of halogens is 3. The van der Waals surface area contributed by atoms with E-state index in [0.717, 1.165) is 0 Å². The van der Waals surface area contributed by atoms with Gasteiger partial charge in [-0.2, -0.15) is 10.1 Å². The van der Waals surface area contributed by atoms with Crippen molar-refractivity contribution in [2.75, 3.05) is 14.2 Å². The predicted molar refractivity (Wildman–Crippen MR) is 80.7 cm³/mol. The van der Waals surface area contributed by atoms with E-state index in [1.165, 1.54) is 20.4 Å². The predicted octanol–water partition coefficient (Wildman–Crippen LogP) is 2.76. The van der Waals surface area contributed by atoms with E-state index in [1.807, 2.05) is 0 Å². The first kappa shape index (κ1) is 16.0. The minimum absolute atomic E-state index is 0.165. The van der Waals surface area contributed by atoms with Gasteiger partial charge in [-0.15, -0.1) is 5.10 Å². The normalized spacial score (nSPS) is 26.6. The summed E-state index contributed by atoms with van der Waals surface area (Å²) < 4.78 is 35.8. The van der Waals surface area contributed by atoms with Crippen LogP contribution in [-0.2, 0) is 0 Å². The molecule has 1 aliphatic heterocycles. The quantitative estimate of drug-likeness (QED) is 0.823. The second-order valence-electron chi connectivity index (χ2n) is 5.46. The second kappa shape index (κ2) is 6.35. The van der Waals surface area contributed by atoms with Crippen molar-refractivity contribution in [2.45, 2.75) is 19.3 Å². The Morgan fingerprint density at radius 2 is 2.04 bits per heavy atom. The molecule has 3 atom stereocenters. The molecule has 1 unspecified atom stereocenters. The van der Waals surface area contributed by atoms with Crippen LogP contribution in [0.1, 0.15) is 18.4 Å². The summed E-state index contributed by atoms with van der Waals surface area (Å²) in [6, 6.07) is 0.167. The van der Waals surface area contributed by atoms with Crippen molar-refractivity contribution in [1.29, 1.82) is 0 Å². The number of methoxy groups -OCH3 is 2. The lowest BCUT2D eigenvalue weighted by Gasteiger charge is -2.20. The first-order chi connectivity index (χ1) is 11.0. The summed E-state index contributed by atoms with van der Waals surface area (Å²) in [5, 5.41) is 8.26. The van der Waals surface area contributed by atoms with Crippen LogP contribution < -0.4 is 9.47 Å². The largest absolute Gasteiger partial charge is 0.480 e. The monoisotopic (exact) mass is 344 g/mol. The topological polar surface area (TPSA) is 69.0 Å². The summed E-state index contributed by atoms with van der Waals surface area (Å²) in [6.07, 6.45) is 0.0535. The van der Waals surface area contributed by atoms with Gasteiger partial charge >= 0.3 is 6.01 Å². The van der Waals surface area contributed by atoms with E-state index in [-0.39, 0.29) is 23.0 Å². The Kier molecular flexibility index (Phi) is 4.43. The average Bonchev–Trinajstić information content (AvgIpc) is 3.35. The molecule has 23 heavy (non-hydrogen) atoms. The number of hydrogen-bond donors (Lipinski definition) is 0. The number of rotatable bonds is 5. The SMILES string of the molecule is COc1ncc(C2=NN=C(Cl)C([C@H]3C[C@@H]3C(F)F)C2)c(OC)n1. The molecule has 9 heteroatoms. The fourth-order valence-electron chi connectivity index (χ4n) is 2.80. The minimum atomic E-state index is -2.33. The Bertz CT molecular complexity index is 668. The lowest BCUT2D eigenvalue weighted by Crippen LogP contribution is -2.23. The molecular formula is C14H15ClF2N4O2. The van der Waals surface area contributed by atoms with Crippen molar-refractivity contribution < 1.29 is 18.3 Å². The van der Waals surface area contributed by atoms with E-state index in [0.29, 0.717) is 30.0 Å². The van der Waals surface area contributed by atoms with Crippen molar-refractivity contribution in [3.05, 3.63) is 11.8 Å². The number of alkyl halides is 2. The second-order valence-corrected chi connectivity index (χ2v) is 5.84. The molecule has 3 rings (SSSR count). The van der Waals surface area contributed by atoms with Crippen molar-refractivity contribution >= 4 is 22.5 Å². The Morgan fingerprint density at radius 3 is 2.65 bits per heavy atom. The van der Waals surface area contributed by atoms with Crippen LogP contribution in [0, 0.1) is 17.8 Å². The van der Waals surface area contributed by atoms with Crippen LogP contribution in [-0.4, -0.2) is 41.5 Å². The molecule has 2 aliphatic rings. The van der Waals surface area contributed by atoms with Crippen LogP contribution in [0.5, 0.6) is 11.9 Å². The van der Waals surface area contributed by atoms with Crippen LogP contribution in [0.2, 0.25) is 0 Å². The molecule has 0 spiro atoms. The highest BCUT2D eigenvalue weighted by molar-refractivity contribution is 6.66. The molecule has 0 amide bonds. The highest BCUT2D eigenvalue weighted by Crippen LogP contribution is 2.51. The lowest BCUT2D eigenvalue weighted by atomic mass is 9.93. The molecule has 0 N–H and O–H groups in total. The highest BCUT2D eigenvalue weighted by Gasteiger charge is 2.50. The molecule has 2 heterocycles. The fraction of sp³-hybridized carbons (Fsp3) is 0.571. The smallest absolute Gasteiger partial charge is 0.319 e. The number of aromatic nitrogens is 2. The Balaban J connectivity index is 1.84. The van der Waals surface area contributed by atoms with Crippen LogP contribution in [0.15, 0.2) is 16.4 Å². The van der Waals surface area contributed by atoms with Crippen molar-refractivity contribution in [3.63, 3.8) is 0 Å². The summed E-state index contributed by atoms with van der Waals surface area (Å²) in [7, 11) is 2.92. The van der Waals surface area contributed by atoms with Crippen LogP contribution in [0.25, 0.3) is 0 Å². The van der Waals surface area contributed by atoms with E-state index in [4.69, 9.17) is 21.1 Å². The van der Waals surface area contributed by atoms with Crippen molar-refractivity contribution in [3.8, 4) is 11.9 Å². The van der Waals surface area contributed by atoms with Gasteiger partial charge in [0.1, 0.15) is 5.17 Å². The van der Waals surface area contributed by atoms with Gasteiger partial charge in [0.25, 0.3) is 0 Å². The van der Waals surface area contributed by atoms with E-state index >= 15 is 0 Å². The molecule has 124 valence electrons. The molecule has 0 bridgehead atoms. The third-order valence-electron chi connectivity index (χ3n) is 4.14. The minimum Gasteiger partial charge on any atom is -0.480 e. The van der Waals surface area contributed by atoms with Gasteiger partial charge in [-0.3, -0.25) is 0 Å². The van der Waals surface area contributed by atoms with Gasteiger partial charge in [0, 0.05) is 24.5 Å². The zero-order valence-corrected chi connectivity index (χ0v) is 13.3. The molecule has 6 nitrogen and oxygen atoms in total. The number of hydrogen-bond acceptors (Lipinski definition) is 6. The summed E-state index contributed by atoms with van der Waals surface area (Å²) in [6.45, 7) is 0. The van der Waals surface area contributed by atoms with Gasteiger partial charge in [-0.25, -0.2) is 13.8 Å². The maximum absolute atomic E-state index is 12.8. The molecule has 1 aromatic heterocycles. The highest BCUT2D eigenvalue weighted by atomic mass is 35.5. The zero-order valence-electron chi connectivity index (χ0n) is 12.5. The van der Waals surface area contributed by atoms with E-state index in [2.05, 4.69) is 20.2 Å². The van der Waals surface area contributed by atoms with Crippen LogP contribution in [0.4, 0.5) is 8.78 Å². The third-order valence-corrected chi connectivity index (χ3v) is 4.49. The van der Waals surface area contributed by atoms with Crippen LogP contribution >= 0.6 is 11.6 Å². The molecule has 0 radical (unpaired) electrons. The standard InChI is InChI=1S/C14H15ClF2N4O2/c1-22-13-9(5-18-14(19-13)23-2)10-4-7(11(15)21-20-10)6-3-8(6)12(16)17/h5-8,12H,3-4H2,1-2H3/t6-,7?,8+/m1/s1.